The minimum absolute atomic E-state index is 0. The summed E-state index contributed by atoms with van der Waals surface area (Å²) in [6.07, 6.45) is 0.285. The summed E-state index contributed by atoms with van der Waals surface area (Å²) in [4.78, 5) is 36.2. The largest absolute Gasteiger partial charge is 0.449 e. The van der Waals surface area contributed by atoms with Gasteiger partial charge < -0.3 is 21.5 Å². The molecule has 2 aromatic carbocycles. The number of hydrogen-bond donors (Lipinski definition) is 3. The maximum Gasteiger partial charge on any atom is 0.407 e. The van der Waals surface area contributed by atoms with Crippen molar-refractivity contribution in [1.29, 1.82) is 0 Å². The second-order valence-electron chi connectivity index (χ2n) is 9.05. The SMILES string of the molecule is CC(C)C[C@H](CC(=O)[C@@H](N)CCNC(=O)OCC1c2ccccc2-c2ccccc21)C(N)=O.S.S. The van der Waals surface area contributed by atoms with Crippen molar-refractivity contribution in [3.05, 3.63) is 59.7 Å². The fraction of sp³-hybridized carbons (Fsp3) is 0.423. The van der Waals surface area contributed by atoms with Crippen LogP contribution < -0.4 is 16.8 Å². The molecule has 0 saturated carbocycles. The number of Topliss-reactive ketones (excluding diaryl/α,β-unsaturated/α-hetero) is 1. The summed E-state index contributed by atoms with van der Waals surface area (Å²) in [6.45, 7) is 4.37. The lowest BCUT2D eigenvalue weighted by Crippen LogP contribution is -2.38. The van der Waals surface area contributed by atoms with E-state index in [4.69, 9.17) is 16.2 Å². The molecule has 7 nitrogen and oxygen atoms in total. The Morgan fingerprint density at radius 3 is 2.03 bits per heavy atom. The van der Waals surface area contributed by atoms with E-state index in [1.165, 1.54) is 11.1 Å². The molecule has 1 aliphatic carbocycles. The van der Waals surface area contributed by atoms with Crippen LogP contribution in [0.1, 0.15) is 50.2 Å². The van der Waals surface area contributed by atoms with Crippen LogP contribution in [0.5, 0.6) is 0 Å². The number of rotatable bonds is 11. The number of fused-ring (bicyclic) bond motifs is 3. The molecular weight excluding hydrogens is 482 g/mol. The van der Waals surface area contributed by atoms with E-state index in [-0.39, 0.29) is 70.6 Å². The lowest BCUT2D eigenvalue weighted by atomic mass is 9.90. The topological polar surface area (TPSA) is 125 Å². The van der Waals surface area contributed by atoms with E-state index in [0.717, 1.165) is 11.1 Å². The monoisotopic (exact) mass is 519 g/mol. The average molecular weight is 520 g/mol. The van der Waals surface area contributed by atoms with Crippen LogP contribution in [0.4, 0.5) is 4.79 Å². The molecule has 3 rings (SSSR count). The molecule has 0 heterocycles. The number of carbonyl (C=O) groups excluding carboxylic acids is 3. The first-order valence-corrected chi connectivity index (χ1v) is 11.4. The van der Waals surface area contributed by atoms with E-state index in [0.29, 0.717) is 6.42 Å². The van der Waals surface area contributed by atoms with Crippen molar-refractivity contribution < 1.29 is 19.1 Å². The van der Waals surface area contributed by atoms with Gasteiger partial charge in [0, 0.05) is 24.8 Å². The van der Waals surface area contributed by atoms with Crippen molar-refractivity contribution in [2.75, 3.05) is 13.2 Å². The first-order chi connectivity index (χ1) is 15.8. The van der Waals surface area contributed by atoms with Crippen LogP contribution in [0.25, 0.3) is 11.1 Å². The average Bonchev–Trinajstić information content (AvgIpc) is 3.10. The minimum atomic E-state index is -0.770. The first kappa shape index (κ1) is 30.5. The molecule has 0 aromatic heterocycles. The highest BCUT2D eigenvalue weighted by molar-refractivity contribution is 7.59. The van der Waals surface area contributed by atoms with Crippen LogP contribution in [0.2, 0.25) is 0 Å². The molecule has 5 N–H and O–H groups in total. The quantitative estimate of drug-likeness (QED) is 0.419. The first-order valence-electron chi connectivity index (χ1n) is 11.4. The molecule has 1 aliphatic rings. The Morgan fingerprint density at radius 1 is 0.971 bits per heavy atom. The zero-order valence-corrected chi connectivity index (χ0v) is 22.3. The van der Waals surface area contributed by atoms with Crippen LogP contribution in [-0.2, 0) is 14.3 Å². The number of amides is 2. The molecule has 2 amide bonds. The van der Waals surface area contributed by atoms with Gasteiger partial charge in [0.1, 0.15) is 12.4 Å². The summed E-state index contributed by atoms with van der Waals surface area (Å²) in [5, 5.41) is 2.66. The zero-order chi connectivity index (χ0) is 24.0. The third-order valence-electron chi connectivity index (χ3n) is 6.09. The van der Waals surface area contributed by atoms with Crippen molar-refractivity contribution in [3.8, 4) is 11.1 Å². The molecule has 0 bridgehead atoms. The van der Waals surface area contributed by atoms with E-state index in [1.807, 2.05) is 38.1 Å². The number of benzene rings is 2. The summed E-state index contributed by atoms with van der Waals surface area (Å²) in [7, 11) is 0. The highest BCUT2D eigenvalue weighted by Crippen LogP contribution is 2.44. The maximum absolute atomic E-state index is 12.4. The number of nitrogens with one attached hydrogen (secondary N) is 1. The molecule has 9 heteroatoms. The van der Waals surface area contributed by atoms with E-state index >= 15 is 0 Å². The van der Waals surface area contributed by atoms with Crippen LogP contribution in [0.15, 0.2) is 48.5 Å². The number of alkyl carbamates (subject to hydrolysis) is 1. The Balaban J connectivity index is 0.00000306. The van der Waals surface area contributed by atoms with Gasteiger partial charge in [0.2, 0.25) is 5.91 Å². The van der Waals surface area contributed by atoms with Gasteiger partial charge in [0.25, 0.3) is 0 Å². The molecule has 0 aliphatic heterocycles. The van der Waals surface area contributed by atoms with Gasteiger partial charge in [-0.05, 0) is 41.0 Å². The van der Waals surface area contributed by atoms with Gasteiger partial charge in [-0.3, -0.25) is 9.59 Å². The molecule has 0 saturated heterocycles. The number of nitrogens with two attached hydrogens (primary N) is 2. The van der Waals surface area contributed by atoms with E-state index in [2.05, 4.69) is 29.6 Å². The van der Waals surface area contributed by atoms with E-state index in [9.17, 15) is 14.4 Å². The number of primary amides is 1. The number of ether oxygens (including phenoxy) is 1. The van der Waals surface area contributed by atoms with Crippen molar-refractivity contribution in [2.45, 2.75) is 45.1 Å². The van der Waals surface area contributed by atoms with E-state index in [1.54, 1.807) is 0 Å². The molecule has 0 fully saturated rings. The number of ketones is 1. The second kappa shape index (κ2) is 14.2. The van der Waals surface area contributed by atoms with Crippen LogP contribution >= 0.6 is 27.0 Å². The molecule has 35 heavy (non-hydrogen) atoms. The number of carbonyl (C=O) groups is 3. The van der Waals surface area contributed by atoms with E-state index < -0.39 is 24.0 Å². The van der Waals surface area contributed by atoms with Crippen molar-refractivity contribution in [1.82, 2.24) is 5.32 Å². The van der Waals surface area contributed by atoms with Gasteiger partial charge >= 0.3 is 6.09 Å². The normalized spacial score (nSPS) is 13.5. The van der Waals surface area contributed by atoms with Crippen LogP contribution in [0, 0.1) is 11.8 Å². The summed E-state index contributed by atoms with van der Waals surface area (Å²) >= 11 is 0. The van der Waals surface area contributed by atoms with Crippen molar-refractivity contribution in [2.24, 2.45) is 23.3 Å². The maximum atomic E-state index is 12.4. The highest BCUT2D eigenvalue weighted by atomic mass is 32.1. The smallest absolute Gasteiger partial charge is 0.407 e. The van der Waals surface area contributed by atoms with Gasteiger partial charge in [0.05, 0.1) is 6.04 Å². The summed E-state index contributed by atoms with van der Waals surface area (Å²) < 4.78 is 5.48. The van der Waals surface area contributed by atoms with Crippen LogP contribution in [-0.4, -0.2) is 37.0 Å². The van der Waals surface area contributed by atoms with Gasteiger partial charge in [-0.2, -0.15) is 27.0 Å². The highest BCUT2D eigenvalue weighted by Gasteiger charge is 2.29. The summed E-state index contributed by atoms with van der Waals surface area (Å²) in [5.74, 6) is -0.992. The number of hydrogen-bond acceptors (Lipinski definition) is 5. The molecule has 0 spiro atoms. The lowest BCUT2D eigenvalue weighted by Gasteiger charge is -2.18. The zero-order valence-electron chi connectivity index (χ0n) is 20.3. The molecule has 0 unspecified atom stereocenters. The minimum Gasteiger partial charge on any atom is -0.449 e. The Labute approximate surface area is 221 Å². The van der Waals surface area contributed by atoms with Crippen molar-refractivity contribution in [3.63, 3.8) is 0 Å². The fourth-order valence-electron chi connectivity index (χ4n) is 4.40. The third-order valence-corrected chi connectivity index (χ3v) is 6.09. The Hall–Kier alpha value is -2.49. The molecular formula is C26H37N3O4S2. The molecule has 0 radical (unpaired) electrons. The Bertz CT molecular complexity index is 970. The van der Waals surface area contributed by atoms with Gasteiger partial charge in [-0.15, -0.1) is 0 Å². The summed E-state index contributed by atoms with van der Waals surface area (Å²) in [6, 6.07) is 15.5. The third kappa shape index (κ3) is 8.02. The standard InChI is InChI=1S/C26H33N3O4.2H2S/c1-16(2)13-17(25(28)31)14-24(30)23(27)11-12-29-26(32)33-15-22-20-9-5-3-7-18(20)19-8-4-6-10-21(19)22;;/h3-10,16-17,22-23H,11-15,27H2,1-2H3,(H2,28,31)(H,29,32);2*1H2/t17-,23+;;/m1../s1. The lowest BCUT2D eigenvalue weighted by molar-refractivity contribution is -0.128. The summed E-state index contributed by atoms with van der Waals surface area (Å²) in [5.41, 5.74) is 16.0. The fourth-order valence-corrected chi connectivity index (χ4v) is 4.40. The van der Waals surface area contributed by atoms with Crippen molar-refractivity contribution >= 4 is 44.8 Å². The predicted octanol–water partition coefficient (Wildman–Crippen LogP) is 3.57. The molecule has 192 valence electrons. The van der Waals surface area contributed by atoms with Gasteiger partial charge in [-0.25, -0.2) is 4.79 Å². The Morgan fingerprint density at radius 2 is 1.51 bits per heavy atom. The van der Waals surface area contributed by atoms with Crippen LogP contribution in [0.3, 0.4) is 0 Å². The van der Waals surface area contributed by atoms with Gasteiger partial charge in [0.15, 0.2) is 0 Å². The molecule has 2 aromatic rings. The predicted molar refractivity (Wildman–Crippen MR) is 148 cm³/mol. The Kier molecular flexibility index (Phi) is 12.4. The van der Waals surface area contributed by atoms with Gasteiger partial charge in [-0.1, -0.05) is 62.4 Å². The molecule has 2 atom stereocenters. The second-order valence-corrected chi connectivity index (χ2v) is 9.05.